The fourth-order valence-corrected chi connectivity index (χ4v) is 1.68. The van der Waals surface area contributed by atoms with Gasteiger partial charge in [0.15, 0.2) is 0 Å². The van der Waals surface area contributed by atoms with Crippen LogP contribution in [0.5, 0.6) is 0 Å². The summed E-state index contributed by atoms with van der Waals surface area (Å²) in [5.74, 6) is -0.140. The zero-order chi connectivity index (χ0) is 13.1. The second kappa shape index (κ2) is 9.46. The standard InChI is InChI=1S/C16H22O2/c1-2-3-4-5-9-12-16(17)18-14-13-15-10-7-6-8-11-15/h6-8,10-11,13-14H,2-5,9,12H2,1H3/b14-13-. The number of hydrogen-bond donors (Lipinski definition) is 0. The Morgan fingerprint density at radius 3 is 2.56 bits per heavy atom. The molecule has 0 aliphatic heterocycles. The van der Waals surface area contributed by atoms with E-state index >= 15 is 0 Å². The van der Waals surface area contributed by atoms with Crippen LogP contribution in [0.15, 0.2) is 36.6 Å². The molecule has 0 N–H and O–H groups in total. The molecule has 0 spiro atoms. The molecule has 2 heteroatoms. The lowest BCUT2D eigenvalue weighted by Crippen LogP contribution is -1.98. The Bertz CT molecular complexity index is 355. The molecule has 0 saturated heterocycles. The van der Waals surface area contributed by atoms with Crippen LogP contribution in [0.4, 0.5) is 0 Å². The molecule has 0 bridgehead atoms. The summed E-state index contributed by atoms with van der Waals surface area (Å²) in [6.45, 7) is 2.18. The number of carbonyl (C=O) groups is 1. The van der Waals surface area contributed by atoms with Gasteiger partial charge in [0.05, 0.1) is 6.26 Å². The normalized spacial score (nSPS) is 10.7. The molecule has 0 aliphatic carbocycles. The summed E-state index contributed by atoms with van der Waals surface area (Å²) in [5.41, 5.74) is 1.04. The maximum absolute atomic E-state index is 11.4. The summed E-state index contributed by atoms with van der Waals surface area (Å²) in [5, 5.41) is 0. The number of rotatable bonds is 8. The Morgan fingerprint density at radius 2 is 1.83 bits per heavy atom. The van der Waals surface area contributed by atoms with Crippen molar-refractivity contribution in [3.8, 4) is 0 Å². The van der Waals surface area contributed by atoms with Crippen molar-refractivity contribution >= 4 is 12.0 Å². The Balaban J connectivity index is 2.11. The van der Waals surface area contributed by atoms with Crippen molar-refractivity contribution in [2.45, 2.75) is 45.4 Å². The first-order valence-electron chi connectivity index (χ1n) is 6.74. The van der Waals surface area contributed by atoms with Crippen LogP contribution in [0.1, 0.15) is 51.0 Å². The van der Waals surface area contributed by atoms with Gasteiger partial charge in [-0.05, 0) is 18.1 Å². The topological polar surface area (TPSA) is 26.3 Å². The largest absolute Gasteiger partial charge is 0.434 e. The highest BCUT2D eigenvalue weighted by atomic mass is 16.5. The summed E-state index contributed by atoms with van der Waals surface area (Å²) >= 11 is 0. The van der Waals surface area contributed by atoms with E-state index in [9.17, 15) is 4.79 Å². The quantitative estimate of drug-likeness (QED) is 0.382. The Kier molecular flexibility index (Phi) is 7.61. The second-order valence-electron chi connectivity index (χ2n) is 4.37. The van der Waals surface area contributed by atoms with Crippen LogP contribution in [0, 0.1) is 0 Å². The smallest absolute Gasteiger partial charge is 0.310 e. The summed E-state index contributed by atoms with van der Waals surface area (Å²) < 4.78 is 5.03. The Labute approximate surface area is 110 Å². The maximum Gasteiger partial charge on any atom is 0.310 e. The molecule has 18 heavy (non-hydrogen) atoms. The van der Waals surface area contributed by atoms with E-state index in [4.69, 9.17) is 4.74 Å². The molecule has 1 aromatic carbocycles. The minimum Gasteiger partial charge on any atom is -0.434 e. The first-order valence-corrected chi connectivity index (χ1v) is 6.74. The van der Waals surface area contributed by atoms with Crippen molar-refractivity contribution in [3.63, 3.8) is 0 Å². The molecular weight excluding hydrogens is 224 g/mol. The third-order valence-corrected chi connectivity index (χ3v) is 2.74. The SMILES string of the molecule is CCCCCCCC(=O)O/C=C\c1ccccc1. The molecule has 0 unspecified atom stereocenters. The third-order valence-electron chi connectivity index (χ3n) is 2.74. The molecule has 0 amide bonds. The molecule has 0 atom stereocenters. The van der Waals surface area contributed by atoms with E-state index in [2.05, 4.69) is 6.92 Å². The highest BCUT2D eigenvalue weighted by molar-refractivity contribution is 5.70. The first-order chi connectivity index (χ1) is 8.83. The predicted octanol–water partition coefficient (Wildman–Crippen LogP) is 4.56. The highest BCUT2D eigenvalue weighted by Gasteiger charge is 1.99. The number of carbonyl (C=O) groups excluding carboxylic acids is 1. The van der Waals surface area contributed by atoms with Gasteiger partial charge in [-0.25, -0.2) is 0 Å². The van der Waals surface area contributed by atoms with Gasteiger partial charge in [-0.1, -0.05) is 62.9 Å². The van der Waals surface area contributed by atoms with Crippen LogP contribution < -0.4 is 0 Å². The predicted molar refractivity (Wildman–Crippen MR) is 74.9 cm³/mol. The van der Waals surface area contributed by atoms with E-state index in [0.717, 1.165) is 18.4 Å². The molecule has 0 aromatic heterocycles. The number of hydrogen-bond acceptors (Lipinski definition) is 2. The van der Waals surface area contributed by atoms with E-state index < -0.39 is 0 Å². The van der Waals surface area contributed by atoms with Gasteiger partial charge in [0.1, 0.15) is 0 Å². The zero-order valence-corrected chi connectivity index (χ0v) is 11.1. The average molecular weight is 246 g/mol. The van der Waals surface area contributed by atoms with Crippen molar-refractivity contribution in [2.75, 3.05) is 0 Å². The van der Waals surface area contributed by atoms with Crippen molar-refractivity contribution < 1.29 is 9.53 Å². The molecule has 1 rings (SSSR count). The zero-order valence-electron chi connectivity index (χ0n) is 11.1. The van der Waals surface area contributed by atoms with Gasteiger partial charge in [0.25, 0.3) is 0 Å². The lowest BCUT2D eigenvalue weighted by atomic mass is 10.1. The number of benzene rings is 1. The minimum absolute atomic E-state index is 0.140. The van der Waals surface area contributed by atoms with Crippen LogP contribution in [-0.2, 0) is 9.53 Å². The molecule has 2 nitrogen and oxygen atoms in total. The molecule has 0 fully saturated rings. The van der Waals surface area contributed by atoms with Gasteiger partial charge in [-0.3, -0.25) is 4.79 Å². The molecular formula is C16H22O2. The Morgan fingerprint density at radius 1 is 1.11 bits per heavy atom. The fourth-order valence-electron chi connectivity index (χ4n) is 1.68. The van der Waals surface area contributed by atoms with Crippen LogP contribution in [0.25, 0.3) is 6.08 Å². The summed E-state index contributed by atoms with van der Waals surface area (Å²) in [6, 6.07) is 9.80. The third kappa shape index (κ3) is 6.89. The van der Waals surface area contributed by atoms with Crippen LogP contribution >= 0.6 is 0 Å². The van der Waals surface area contributed by atoms with E-state index in [-0.39, 0.29) is 5.97 Å². The second-order valence-corrected chi connectivity index (χ2v) is 4.37. The molecule has 1 aromatic rings. The van der Waals surface area contributed by atoms with Crippen LogP contribution in [0.2, 0.25) is 0 Å². The van der Waals surface area contributed by atoms with Crippen molar-refractivity contribution in [3.05, 3.63) is 42.2 Å². The molecule has 98 valence electrons. The molecule has 0 aliphatic rings. The number of esters is 1. The van der Waals surface area contributed by atoms with E-state index in [1.54, 1.807) is 6.08 Å². The van der Waals surface area contributed by atoms with Gasteiger partial charge >= 0.3 is 5.97 Å². The summed E-state index contributed by atoms with van der Waals surface area (Å²) in [6.07, 6.45) is 9.53. The Hall–Kier alpha value is -1.57. The van der Waals surface area contributed by atoms with E-state index in [1.165, 1.54) is 25.5 Å². The summed E-state index contributed by atoms with van der Waals surface area (Å²) in [7, 11) is 0. The average Bonchev–Trinajstić information content (AvgIpc) is 2.40. The van der Waals surface area contributed by atoms with Gasteiger partial charge < -0.3 is 4.74 Å². The van der Waals surface area contributed by atoms with Gasteiger partial charge in [-0.2, -0.15) is 0 Å². The van der Waals surface area contributed by atoms with Crippen molar-refractivity contribution in [1.29, 1.82) is 0 Å². The molecule has 0 heterocycles. The highest BCUT2D eigenvalue weighted by Crippen LogP contribution is 2.06. The number of unbranched alkanes of at least 4 members (excludes halogenated alkanes) is 4. The molecule has 0 radical (unpaired) electrons. The maximum atomic E-state index is 11.4. The fraction of sp³-hybridized carbons (Fsp3) is 0.438. The van der Waals surface area contributed by atoms with E-state index in [1.807, 2.05) is 30.3 Å². The van der Waals surface area contributed by atoms with Crippen LogP contribution in [-0.4, -0.2) is 5.97 Å². The first kappa shape index (κ1) is 14.5. The molecule has 0 saturated carbocycles. The van der Waals surface area contributed by atoms with Gasteiger partial charge in [0, 0.05) is 6.42 Å². The lowest BCUT2D eigenvalue weighted by Gasteiger charge is -2.00. The van der Waals surface area contributed by atoms with Gasteiger partial charge in [0.2, 0.25) is 0 Å². The van der Waals surface area contributed by atoms with Crippen molar-refractivity contribution in [1.82, 2.24) is 0 Å². The minimum atomic E-state index is -0.140. The van der Waals surface area contributed by atoms with Gasteiger partial charge in [-0.15, -0.1) is 0 Å². The van der Waals surface area contributed by atoms with Crippen LogP contribution in [0.3, 0.4) is 0 Å². The summed E-state index contributed by atoms with van der Waals surface area (Å²) in [4.78, 5) is 11.4. The van der Waals surface area contributed by atoms with E-state index in [0.29, 0.717) is 6.42 Å². The number of ether oxygens (including phenoxy) is 1. The monoisotopic (exact) mass is 246 g/mol. The van der Waals surface area contributed by atoms with Crippen molar-refractivity contribution in [2.24, 2.45) is 0 Å². The lowest BCUT2D eigenvalue weighted by molar-refractivity contribution is -0.138.